The number of rotatable bonds is 6. The molecule has 1 aliphatic heterocycles. The van der Waals surface area contributed by atoms with Crippen molar-refractivity contribution in [1.82, 2.24) is 4.90 Å². The monoisotopic (exact) mass is 451 g/mol. The van der Waals surface area contributed by atoms with E-state index in [0.29, 0.717) is 37.4 Å². The largest absolute Gasteiger partial charge is 0.493 e. The minimum Gasteiger partial charge on any atom is -0.493 e. The maximum absolute atomic E-state index is 14.0. The van der Waals surface area contributed by atoms with E-state index in [2.05, 4.69) is 20.8 Å². The van der Waals surface area contributed by atoms with Crippen molar-refractivity contribution in [1.29, 1.82) is 0 Å². The second-order valence-corrected chi connectivity index (χ2v) is 7.69. The van der Waals surface area contributed by atoms with Gasteiger partial charge in [-0.1, -0.05) is 28.1 Å². The van der Waals surface area contributed by atoms with Crippen molar-refractivity contribution < 1.29 is 23.8 Å². The molecule has 1 aliphatic rings. The minimum absolute atomic E-state index is 0.236. The third-order valence-electron chi connectivity index (χ3n) is 5.21. The van der Waals surface area contributed by atoms with Gasteiger partial charge in [-0.3, -0.25) is 9.69 Å². The van der Waals surface area contributed by atoms with E-state index in [1.54, 1.807) is 20.3 Å². The van der Waals surface area contributed by atoms with Gasteiger partial charge in [0.1, 0.15) is 5.82 Å². The Bertz CT molecular complexity index is 852. The van der Waals surface area contributed by atoms with Crippen LogP contribution in [0.3, 0.4) is 0 Å². The summed E-state index contributed by atoms with van der Waals surface area (Å²) >= 11 is 3.62. The van der Waals surface area contributed by atoms with Crippen LogP contribution in [0.5, 0.6) is 11.5 Å². The SMILES string of the molecule is COc1cc(Br)c(C(c2cccc(F)c2)N2CCC(C(=O)O)CC2)cc1OC. The van der Waals surface area contributed by atoms with Crippen molar-refractivity contribution in [3.8, 4) is 11.5 Å². The zero-order valence-electron chi connectivity index (χ0n) is 15.8. The zero-order valence-corrected chi connectivity index (χ0v) is 17.4. The summed E-state index contributed by atoms with van der Waals surface area (Å²) in [4.78, 5) is 13.5. The van der Waals surface area contributed by atoms with Gasteiger partial charge in [0, 0.05) is 4.47 Å². The maximum Gasteiger partial charge on any atom is 0.306 e. The summed E-state index contributed by atoms with van der Waals surface area (Å²) in [5, 5.41) is 9.30. The van der Waals surface area contributed by atoms with Gasteiger partial charge in [0.25, 0.3) is 0 Å². The van der Waals surface area contributed by atoms with Crippen molar-refractivity contribution in [3.63, 3.8) is 0 Å². The summed E-state index contributed by atoms with van der Waals surface area (Å²) in [6.07, 6.45) is 1.12. The molecule has 1 unspecified atom stereocenters. The Morgan fingerprint density at radius 1 is 1.18 bits per heavy atom. The molecule has 2 aromatic rings. The molecule has 5 nitrogen and oxygen atoms in total. The number of hydrogen-bond acceptors (Lipinski definition) is 4. The highest BCUT2D eigenvalue weighted by Crippen LogP contribution is 2.41. The second-order valence-electron chi connectivity index (χ2n) is 6.83. The van der Waals surface area contributed by atoms with Crippen molar-refractivity contribution in [2.45, 2.75) is 18.9 Å². The molecule has 1 N–H and O–H groups in total. The molecule has 1 fully saturated rings. The summed E-state index contributed by atoms with van der Waals surface area (Å²) in [5.41, 5.74) is 1.72. The summed E-state index contributed by atoms with van der Waals surface area (Å²) in [7, 11) is 3.15. The number of carboxylic acid groups (broad SMARTS) is 1. The molecule has 3 rings (SSSR count). The van der Waals surface area contributed by atoms with Crippen LogP contribution >= 0.6 is 15.9 Å². The first-order valence-electron chi connectivity index (χ1n) is 9.08. The molecule has 1 heterocycles. The number of likely N-dealkylation sites (tertiary alicyclic amines) is 1. The van der Waals surface area contributed by atoms with Gasteiger partial charge in [0.05, 0.1) is 26.2 Å². The fourth-order valence-electron chi connectivity index (χ4n) is 3.75. The van der Waals surface area contributed by atoms with Crippen LogP contribution in [0.1, 0.15) is 30.0 Å². The van der Waals surface area contributed by atoms with Gasteiger partial charge in [0.2, 0.25) is 0 Å². The lowest BCUT2D eigenvalue weighted by Crippen LogP contribution is -2.39. The smallest absolute Gasteiger partial charge is 0.306 e. The molecular weight excluding hydrogens is 429 g/mol. The highest BCUT2D eigenvalue weighted by molar-refractivity contribution is 9.10. The van der Waals surface area contributed by atoms with E-state index in [9.17, 15) is 14.3 Å². The Morgan fingerprint density at radius 3 is 2.39 bits per heavy atom. The van der Waals surface area contributed by atoms with E-state index in [0.717, 1.165) is 15.6 Å². The number of carbonyl (C=O) groups is 1. The minimum atomic E-state index is -0.755. The standard InChI is InChI=1S/C21H23BrFNO4/c1-27-18-11-16(17(22)12-19(18)28-2)20(14-4-3-5-15(23)10-14)24-8-6-13(7-9-24)21(25)26/h3-5,10-13,20H,6-9H2,1-2H3,(H,25,26). The summed E-state index contributed by atoms with van der Waals surface area (Å²) in [5.74, 6) is -0.213. The van der Waals surface area contributed by atoms with Crippen molar-refractivity contribution >= 4 is 21.9 Å². The fourth-order valence-corrected chi connectivity index (χ4v) is 4.29. The predicted molar refractivity (Wildman–Crippen MR) is 107 cm³/mol. The Morgan fingerprint density at radius 2 is 1.82 bits per heavy atom. The number of benzene rings is 2. The molecule has 1 saturated heterocycles. The van der Waals surface area contributed by atoms with Gasteiger partial charge in [-0.25, -0.2) is 4.39 Å². The first kappa shape index (κ1) is 20.6. The molecule has 0 aromatic heterocycles. The molecule has 0 radical (unpaired) electrons. The molecule has 0 amide bonds. The van der Waals surface area contributed by atoms with Crippen LogP contribution in [0.15, 0.2) is 40.9 Å². The van der Waals surface area contributed by atoms with Crippen LogP contribution in [0, 0.1) is 11.7 Å². The highest BCUT2D eigenvalue weighted by Gasteiger charge is 2.32. The van der Waals surface area contributed by atoms with Crippen LogP contribution in [-0.2, 0) is 4.79 Å². The van der Waals surface area contributed by atoms with Gasteiger partial charge in [-0.05, 0) is 61.3 Å². The lowest BCUT2D eigenvalue weighted by atomic mass is 9.91. The Labute approximate surface area is 172 Å². The molecule has 0 saturated carbocycles. The van der Waals surface area contributed by atoms with Crippen LogP contribution in [0.4, 0.5) is 4.39 Å². The summed E-state index contributed by atoms with van der Waals surface area (Å²) in [6.45, 7) is 1.22. The van der Waals surface area contributed by atoms with Crippen LogP contribution in [0.25, 0.3) is 0 Å². The first-order chi connectivity index (χ1) is 13.4. The van der Waals surface area contributed by atoms with Gasteiger partial charge in [0.15, 0.2) is 11.5 Å². The third-order valence-corrected chi connectivity index (χ3v) is 5.89. The third kappa shape index (κ3) is 4.31. The highest BCUT2D eigenvalue weighted by atomic mass is 79.9. The maximum atomic E-state index is 14.0. The topological polar surface area (TPSA) is 59.0 Å². The fraction of sp³-hybridized carbons (Fsp3) is 0.381. The van der Waals surface area contributed by atoms with Crippen molar-refractivity contribution in [2.75, 3.05) is 27.3 Å². The average Bonchev–Trinajstić information content (AvgIpc) is 2.69. The van der Waals surface area contributed by atoms with Gasteiger partial charge in [-0.15, -0.1) is 0 Å². The molecule has 28 heavy (non-hydrogen) atoms. The lowest BCUT2D eigenvalue weighted by molar-refractivity contribution is -0.143. The summed E-state index contributed by atoms with van der Waals surface area (Å²) < 4.78 is 25.6. The second kappa shape index (κ2) is 8.92. The predicted octanol–water partition coefficient (Wildman–Crippen LogP) is 4.49. The van der Waals surface area contributed by atoms with Crippen LogP contribution in [-0.4, -0.2) is 43.3 Å². The van der Waals surface area contributed by atoms with Gasteiger partial charge >= 0.3 is 5.97 Å². The normalized spacial score (nSPS) is 16.6. The zero-order chi connectivity index (χ0) is 20.3. The van der Waals surface area contributed by atoms with E-state index in [4.69, 9.17) is 9.47 Å². The molecule has 0 spiro atoms. The van der Waals surface area contributed by atoms with Crippen LogP contribution < -0.4 is 9.47 Å². The Hall–Kier alpha value is -2.12. The van der Waals surface area contributed by atoms with Gasteiger partial charge < -0.3 is 14.6 Å². The van der Waals surface area contributed by atoms with Crippen molar-refractivity contribution in [2.24, 2.45) is 5.92 Å². The summed E-state index contributed by atoms with van der Waals surface area (Å²) in [6, 6.07) is 10.0. The number of hydrogen-bond donors (Lipinski definition) is 1. The lowest BCUT2D eigenvalue weighted by Gasteiger charge is -2.37. The number of ether oxygens (including phenoxy) is 2. The first-order valence-corrected chi connectivity index (χ1v) is 9.87. The number of carboxylic acids is 1. The Kier molecular flexibility index (Phi) is 6.57. The molecule has 2 aromatic carbocycles. The molecular formula is C21H23BrFNO4. The van der Waals surface area contributed by atoms with E-state index < -0.39 is 5.97 Å². The number of aliphatic carboxylic acids is 1. The number of methoxy groups -OCH3 is 2. The van der Waals surface area contributed by atoms with E-state index in [1.807, 2.05) is 18.2 Å². The quantitative estimate of drug-likeness (QED) is 0.700. The Balaban J connectivity index is 2.04. The van der Waals surface area contributed by atoms with Crippen LogP contribution in [0.2, 0.25) is 0 Å². The molecule has 150 valence electrons. The van der Waals surface area contributed by atoms with E-state index >= 15 is 0 Å². The number of nitrogens with zero attached hydrogens (tertiary/aromatic N) is 1. The van der Waals surface area contributed by atoms with E-state index in [-0.39, 0.29) is 17.8 Å². The number of halogens is 2. The van der Waals surface area contributed by atoms with E-state index in [1.165, 1.54) is 12.1 Å². The molecule has 0 bridgehead atoms. The molecule has 7 heteroatoms. The molecule has 1 atom stereocenters. The average molecular weight is 452 g/mol. The van der Waals surface area contributed by atoms with Crippen molar-refractivity contribution in [3.05, 3.63) is 57.8 Å². The van der Waals surface area contributed by atoms with Gasteiger partial charge in [-0.2, -0.15) is 0 Å². The molecule has 0 aliphatic carbocycles. The number of piperidine rings is 1.